The number of esters is 1. The number of hydrogen-bond donors (Lipinski definition) is 2. The van der Waals surface area contributed by atoms with Gasteiger partial charge in [0.2, 0.25) is 0 Å². The molecule has 3 aromatic rings. The lowest BCUT2D eigenvalue weighted by Crippen LogP contribution is -2.35. The summed E-state index contributed by atoms with van der Waals surface area (Å²) >= 11 is 12.3. The van der Waals surface area contributed by atoms with Gasteiger partial charge in [-0.2, -0.15) is 0 Å². The molecule has 1 amide bonds. The SMILES string of the molecule is Cc1c(NS(=O)(=O)c2cc(C(=O)OCC(=O)NC3CCCC3)cc(Cl)c2Cl)c(=O)n(-c2ccccc2)n1C. The van der Waals surface area contributed by atoms with Crippen molar-refractivity contribution < 1.29 is 22.7 Å². The van der Waals surface area contributed by atoms with Crippen LogP contribution in [0.25, 0.3) is 5.69 Å². The summed E-state index contributed by atoms with van der Waals surface area (Å²) in [7, 11) is -2.86. The third kappa shape index (κ3) is 5.74. The highest BCUT2D eigenvalue weighted by Gasteiger charge is 2.27. The lowest BCUT2D eigenvalue weighted by Gasteiger charge is -2.13. The molecule has 2 aromatic carbocycles. The second-order valence-electron chi connectivity index (χ2n) is 8.94. The Hall–Kier alpha value is -3.28. The molecule has 0 bridgehead atoms. The van der Waals surface area contributed by atoms with Gasteiger partial charge in [0.1, 0.15) is 10.6 Å². The van der Waals surface area contributed by atoms with Crippen LogP contribution in [0, 0.1) is 6.92 Å². The summed E-state index contributed by atoms with van der Waals surface area (Å²) in [6.45, 7) is 1.05. The molecule has 1 heterocycles. The molecule has 2 N–H and O–H groups in total. The maximum atomic E-state index is 13.3. The second kappa shape index (κ2) is 11.2. The Bertz CT molecular complexity index is 1540. The first kappa shape index (κ1) is 27.7. The predicted octanol–water partition coefficient (Wildman–Crippen LogP) is 3.81. The fraction of sp³-hybridized carbons (Fsp3) is 0.320. The first-order chi connectivity index (χ1) is 18.0. The number of rotatable bonds is 8. The van der Waals surface area contributed by atoms with E-state index in [-0.39, 0.29) is 27.3 Å². The maximum Gasteiger partial charge on any atom is 0.338 e. The first-order valence-electron chi connectivity index (χ1n) is 11.8. The van der Waals surface area contributed by atoms with Crippen molar-refractivity contribution in [1.82, 2.24) is 14.7 Å². The molecule has 4 rings (SSSR count). The summed E-state index contributed by atoms with van der Waals surface area (Å²) in [6.07, 6.45) is 3.81. The quantitative estimate of drug-likeness (QED) is 0.390. The van der Waals surface area contributed by atoms with Gasteiger partial charge < -0.3 is 10.1 Å². The standard InChI is InChI=1S/C25H26Cl2N4O6S/c1-15-23(24(33)31(30(15)2)18-10-4-3-5-11-18)29-38(35,36)20-13-16(12-19(26)22(20)27)25(34)37-14-21(32)28-17-8-6-7-9-17/h3-5,10-13,17,29H,6-9,14H2,1-2H3,(H,28,32). The first-order valence-corrected chi connectivity index (χ1v) is 14.1. The van der Waals surface area contributed by atoms with Crippen LogP contribution in [0.5, 0.6) is 0 Å². The summed E-state index contributed by atoms with van der Waals surface area (Å²) in [5.74, 6) is -1.40. The fourth-order valence-corrected chi connectivity index (χ4v) is 6.24. The van der Waals surface area contributed by atoms with Gasteiger partial charge in [-0.05, 0) is 44.0 Å². The second-order valence-corrected chi connectivity index (χ2v) is 11.4. The predicted molar refractivity (Wildman–Crippen MR) is 144 cm³/mol. The number of ether oxygens (including phenoxy) is 1. The zero-order chi connectivity index (χ0) is 27.6. The van der Waals surface area contributed by atoms with Gasteiger partial charge in [-0.25, -0.2) is 17.9 Å². The number of benzene rings is 2. The van der Waals surface area contributed by atoms with E-state index in [1.165, 1.54) is 9.36 Å². The molecule has 0 radical (unpaired) electrons. The molecule has 1 fully saturated rings. The zero-order valence-electron chi connectivity index (χ0n) is 20.7. The van der Waals surface area contributed by atoms with Gasteiger partial charge in [-0.15, -0.1) is 0 Å². The van der Waals surface area contributed by atoms with E-state index in [1.54, 1.807) is 44.3 Å². The van der Waals surface area contributed by atoms with E-state index in [0.717, 1.165) is 37.8 Å². The highest BCUT2D eigenvalue weighted by Crippen LogP contribution is 2.32. The van der Waals surface area contributed by atoms with Crippen molar-refractivity contribution in [2.75, 3.05) is 11.3 Å². The van der Waals surface area contributed by atoms with Crippen LogP contribution in [0.1, 0.15) is 41.7 Å². The molecular weight excluding hydrogens is 555 g/mol. The molecule has 0 aliphatic heterocycles. The Morgan fingerprint density at radius 1 is 1.11 bits per heavy atom. The van der Waals surface area contributed by atoms with Crippen LogP contribution in [0.4, 0.5) is 5.69 Å². The summed E-state index contributed by atoms with van der Waals surface area (Å²) in [5.41, 5.74) is -0.143. The molecule has 0 atom stereocenters. The highest BCUT2D eigenvalue weighted by atomic mass is 35.5. The molecule has 13 heteroatoms. The molecule has 1 aliphatic rings. The minimum atomic E-state index is -4.48. The molecule has 10 nitrogen and oxygen atoms in total. The number of nitrogens with one attached hydrogen (secondary N) is 2. The molecule has 1 aliphatic carbocycles. The van der Waals surface area contributed by atoms with Gasteiger partial charge >= 0.3 is 5.97 Å². The lowest BCUT2D eigenvalue weighted by molar-refractivity contribution is -0.124. The number of halogens is 2. The topological polar surface area (TPSA) is 128 Å². The molecule has 0 spiro atoms. The normalized spacial score (nSPS) is 13.9. The Kier molecular flexibility index (Phi) is 8.19. The van der Waals surface area contributed by atoms with E-state index in [9.17, 15) is 22.8 Å². The van der Waals surface area contributed by atoms with Gasteiger partial charge in [0.15, 0.2) is 6.61 Å². The van der Waals surface area contributed by atoms with Gasteiger partial charge in [0.05, 0.1) is 27.0 Å². The number of sulfonamides is 1. The third-order valence-corrected chi connectivity index (χ3v) is 8.65. The van der Waals surface area contributed by atoms with E-state index < -0.39 is 39.0 Å². The van der Waals surface area contributed by atoms with Crippen molar-refractivity contribution in [3.63, 3.8) is 0 Å². The van der Waals surface area contributed by atoms with Crippen LogP contribution < -0.4 is 15.6 Å². The Balaban J connectivity index is 1.58. The number of amides is 1. The average molecular weight is 581 g/mol. The summed E-state index contributed by atoms with van der Waals surface area (Å²) in [5, 5.41) is 2.24. The Labute approximate surface area is 229 Å². The van der Waals surface area contributed by atoms with Crippen LogP contribution in [0.3, 0.4) is 0 Å². The molecule has 0 saturated heterocycles. The molecule has 1 saturated carbocycles. The van der Waals surface area contributed by atoms with Gasteiger partial charge in [0.25, 0.3) is 21.5 Å². The van der Waals surface area contributed by atoms with E-state index >= 15 is 0 Å². The van der Waals surface area contributed by atoms with Crippen molar-refractivity contribution in [3.05, 3.63) is 74.1 Å². The lowest BCUT2D eigenvalue weighted by atomic mass is 10.2. The van der Waals surface area contributed by atoms with Gasteiger partial charge in [0, 0.05) is 13.1 Å². The molecular formula is C25H26Cl2N4O6S. The summed E-state index contributed by atoms with van der Waals surface area (Å²) in [6, 6.07) is 10.9. The largest absolute Gasteiger partial charge is 0.452 e. The number of nitrogens with zero attached hydrogens (tertiary/aromatic N) is 2. The minimum absolute atomic E-state index is 0.0573. The molecule has 202 valence electrons. The van der Waals surface area contributed by atoms with Crippen LogP contribution >= 0.6 is 23.2 Å². The minimum Gasteiger partial charge on any atom is -0.452 e. The van der Waals surface area contributed by atoms with Crippen LogP contribution in [0.15, 0.2) is 52.2 Å². The van der Waals surface area contributed by atoms with Crippen LogP contribution in [-0.2, 0) is 26.6 Å². The van der Waals surface area contributed by atoms with E-state index in [2.05, 4.69) is 10.0 Å². The molecule has 1 aromatic heterocycles. The fourth-order valence-electron chi connectivity index (χ4n) is 4.31. The van der Waals surface area contributed by atoms with Crippen molar-refractivity contribution in [2.45, 2.75) is 43.5 Å². The smallest absolute Gasteiger partial charge is 0.338 e. The number of para-hydroxylation sites is 1. The molecule has 38 heavy (non-hydrogen) atoms. The zero-order valence-corrected chi connectivity index (χ0v) is 23.0. The van der Waals surface area contributed by atoms with Crippen molar-refractivity contribution in [1.29, 1.82) is 0 Å². The van der Waals surface area contributed by atoms with Gasteiger partial charge in [-0.1, -0.05) is 54.2 Å². The monoisotopic (exact) mass is 580 g/mol. The van der Waals surface area contributed by atoms with Crippen molar-refractivity contribution >= 4 is 50.8 Å². The van der Waals surface area contributed by atoms with Crippen molar-refractivity contribution in [3.8, 4) is 5.69 Å². The summed E-state index contributed by atoms with van der Waals surface area (Å²) in [4.78, 5) is 37.4. The van der Waals surface area contributed by atoms with Crippen LogP contribution in [-0.4, -0.2) is 42.3 Å². The number of carbonyl (C=O) groups excluding carboxylic acids is 2. The maximum absolute atomic E-state index is 13.3. The Morgan fingerprint density at radius 3 is 2.42 bits per heavy atom. The highest BCUT2D eigenvalue weighted by molar-refractivity contribution is 7.92. The third-order valence-electron chi connectivity index (χ3n) is 6.37. The number of anilines is 1. The summed E-state index contributed by atoms with van der Waals surface area (Å²) < 4.78 is 36.9. The average Bonchev–Trinajstić information content (AvgIpc) is 3.46. The number of hydrogen-bond acceptors (Lipinski definition) is 6. The number of carbonyl (C=O) groups is 2. The van der Waals surface area contributed by atoms with E-state index in [4.69, 9.17) is 27.9 Å². The van der Waals surface area contributed by atoms with Gasteiger partial charge in [-0.3, -0.25) is 19.0 Å². The van der Waals surface area contributed by atoms with Crippen LogP contribution in [0.2, 0.25) is 10.0 Å². The Morgan fingerprint density at radius 2 is 1.76 bits per heavy atom. The van der Waals surface area contributed by atoms with E-state index in [0.29, 0.717) is 11.4 Å². The van der Waals surface area contributed by atoms with Crippen molar-refractivity contribution in [2.24, 2.45) is 7.05 Å². The number of aromatic nitrogens is 2. The van der Waals surface area contributed by atoms with E-state index in [1.807, 2.05) is 0 Å². The molecule has 0 unspecified atom stereocenters.